The summed E-state index contributed by atoms with van der Waals surface area (Å²) in [6, 6.07) is 0. The lowest BCUT2D eigenvalue weighted by atomic mass is 9.73. The van der Waals surface area contributed by atoms with E-state index in [1.165, 1.54) is 19.3 Å². The maximum absolute atomic E-state index is 11.8. The maximum Gasteiger partial charge on any atom is 0.307 e. The third-order valence-electron chi connectivity index (χ3n) is 4.24. The molecule has 2 fully saturated rings. The number of amides is 1. The Hall–Kier alpha value is -1.10. The predicted octanol–water partition coefficient (Wildman–Crippen LogP) is 1.56. The van der Waals surface area contributed by atoms with Crippen molar-refractivity contribution in [3.63, 3.8) is 0 Å². The average molecular weight is 269 g/mol. The van der Waals surface area contributed by atoms with Gasteiger partial charge in [-0.15, -0.1) is 0 Å². The number of carbonyl (C=O) groups excluding carboxylic acids is 1. The van der Waals surface area contributed by atoms with Gasteiger partial charge in [0.05, 0.1) is 24.5 Å². The molecular formula is C14H23NO4. The van der Waals surface area contributed by atoms with Crippen LogP contribution in [0.1, 0.15) is 44.9 Å². The standard InChI is InChI=1S/C14H23NO4/c16-13(11-6-7-12(11)14(17)18)15-8-9-19-10-4-2-1-3-5-10/h10-12H,1-9H2,(H,15,16)(H,17,18). The van der Waals surface area contributed by atoms with Crippen LogP contribution in [0.2, 0.25) is 0 Å². The molecule has 2 aliphatic carbocycles. The summed E-state index contributed by atoms with van der Waals surface area (Å²) in [5.41, 5.74) is 0. The molecule has 0 aromatic rings. The number of rotatable bonds is 6. The van der Waals surface area contributed by atoms with Gasteiger partial charge in [-0.25, -0.2) is 0 Å². The molecule has 0 aliphatic heterocycles. The second kappa shape index (κ2) is 6.89. The highest BCUT2D eigenvalue weighted by Crippen LogP contribution is 2.34. The zero-order chi connectivity index (χ0) is 13.7. The van der Waals surface area contributed by atoms with Crippen LogP contribution in [0.15, 0.2) is 0 Å². The number of carbonyl (C=O) groups is 2. The summed E-state index contributed by atoms with van der Waals surface area (Å²) in [5.74, 6) is -1.82. The Kier molecular flexibility index (Phi) is 5.19. The Bertz CT molecular complexity index is 325. The van der Waals surface area contributed by atoms with Gasteiger partial charge in [0.2, 0.25) is 5.91 Å². The molecule has 0 aromatic carbocycles. The second-order valence-corrected chi connectivity index (χ2v) is 5.55. The molecule has 2 N–H and O–H groups in total. The van der Waals surface area contributed by atoms with Crippen molar-refractivity contribution in [1.82, 2.24) is 5.32 Å². The predicted molar refractivity (Wildman–Crippen MR) is 69.7 cm³/mol. The van der Waals surface area contributed by atoms with Crippen LogP contribution in [0.3, 0.4) is 0 Å². The van der Waals surface area contributed by atoms with Crippen LogP contribution < -0.4 is 5.32 Å². The lowest BCUT2D eigenvalue weighted by molar-refractivity contribution is -0.152. The Morgan fingerprint density at radius 2 is 1.74 bits per heavy atom. The minimum absolute atomic E-state index is 0.133. The fourth-order valence-electron chi connectivity index (χ4n) is 2.87. The molecule has 19 heavy (non-hydrogen) atoms. The number of ether oxygens (including phenoxy) is 1. The van der Waals surface area contributed by atoms with Crippen LogP contribution >= 0.6 is 0 Å². The van der Waals surface area contributed by atoms with Crippen LogP contribution in [0.4, 0.5) is 0 Å². The molecule has 2 unspecified atom stereocenters. The van der Waals surface area contributed by atoms with Crippen molar-refractivity contribution in [2.24, 2.45) is 11.8 Å². The molecule has 2 aliphatic rings. The SMILES string of the molecule is O=C(O)C1CCC1C(=O)NCCOC1CCCCC1. The molecule has 0 aromatic heterocycles. The number of aliphatic carboxylic acids is 1. The van der Waals surface area contributed by atoms with Crippen molar-refractivity contribution in [1.29, 1.82) is 0 Å². The molecule has 108 valence electrons. The molecule has 5 heteroatoms. The van der Waals surface area contributed by atoms with E-state index in [2.05, 4.69) is 5.32 Å². The first kappa shape index (κ1) is 14.3. The summed E-state index contributed by atoms with van der Waals surface area (Å²) in [4.78, 5) is 22.6. The largest absolute Gasteiger partial charge is 0.481 e. The molecule has 0 heterocycles. The monoisotopic (exact) mass is 269 g/mol. The minimum atomic E-state index is -0.857. The highest BCUT2D eigenvalue weighted by Gasteiger charge is 2.41. The van der Waals surface area contributed by atoms with E-state index in [1.54, 1.807) is 0 Å². The topological polar surface area (TPSA) is 75.6 Å². The van der Waals surface area contributed by atoms with E-state index >= 15 is 0 Å². The van der Waals surface area contributed by atoms with E-state index in [9.17, 15) is 9.59 Å². The highest BCUT2D eigenvalue weighted by atomic mass is 16.5. The Morgan fingerprint density at radius 3 is 2.32 bits per heavy atom. The second-order valence-electron chi connectivity index (χ2n) is 5.55. The Labute approximate surface area is 113 Å². The lowest BCUT2D eigenvalue weighted by Crippen LogP contribution is -2.44. The zero-order valence-corrected chi connectivity index (χ0v) is 11.3. The first-order chi connectivity index (χ1) is 9.18. The number of hydrogen-bond donors (Lipinski definition) is 2. The van der Waals surface area contributed by atoms with E-state index in [0.717, 1.165) is 12.8 Å². The fourth-order valence-corrected chi connectivity index (χ4v) is 2.87. The zero-order valence-electron chi connectivity index (χ0n) is 11.3. The molecule has 0 saturated heterocycles. The van der Waals surface area contributed by atoms with Gasteiger partial charge in [0.1, 0.15) is 0 Å². The molecule has 2 saturated carbocycles. The molecule has 5 nitrogen and oxygen atoms in total. The molecule has 1 amide bonds. The van der Waals surface area contributed by atoms with Gasteiger partial charge in [-0.05, 0) is 25.7 Å². The molecule has 2 rings (SSSR count). The van der Waals surface area contributed by atoms with Crippen LogP contribution in [-0.4, -0.2) is 36.2 Å². The molecule has 2 atom stereocenters. The highest BCUT2D eigenvalue weighted by molar-refractivity contribution is 5.86. The van der Waals surface area contributed by atoms with Gasteiger partial charge >= 0.3 is 5.97 Å². The number of carboxylic acids is 1. The fraction of sp³-hybridized carbons (Fsp3) is 0.857. The number of nitrogens with one attached hydrogen (secondary N) is 1. The van der Waals surface area contributed by atoms with E-state index < -0.39 is 11.9 Å². The van der Waals surface area contributed by atoms with Crippen LogP contribution in [0.5, 0.6) is 0 Å². The maximum atomic E-state index is 11.8. The van der Waals surface area contributed by atoms with Gasteiger partial charge in [0.25, 0.3) is 0 Å². The van der Waals surface area contributed by atoms with Gasteiger partial charge in [-0.2, -0.15) is 0 Å². The first-order valence-corrected chi connectivity index (χ1v) is 7.30. The summed E-state index contributed by atoms with van der Waals surface area (Å²) in [5, 5.41) is 11.7. The average Bonchev–Trinajstić information content (AvgIpc) is 2.34. The molecular weight excluding hydrogens is 246 g/mol. The van der Waals surface area contributed by atoms with Crippen LogP contribution in [0.25, 0.3) is 0 Å². The van der Waals surface area contributed by atoms with E-state index in [-0.39, 0.29) is 11.8 Å². The summed E-state index contributed by atoms with van der Waals surface area (Å²) in [6.45, 7) is 1.01. The van der Waals surface area contributed by atoms with Gasteiger partial charge in [-0.1, -0.05) is 19.3 Å². The number of carboxylic acid groups (broad SMARTS) is 1. The summed E-state index contributed by atoms with van der Waals surface area (Å²) in [7, 11) is 0. The normalized spacial score (nSPS) is 27.6. The summed E-state index contributed by atoms with van der Waals surface area (Å²) in [6.07, 6.45) is 7.67. The third kappa shape index (κ3) is 3.93. The van der Waals surface area contributed by atoms with Gasteiger partial charge in [-0.3, -0.25) is 9.59 Å². The number of hydrogen-bond acceptors (Lipinski definition) is 3. The first-order valence-electron chi connectivity index (χ1n) is 7.30. The van der Waals surface area contributed by atoms with Crippen molar-refractivity contribution in [3.05, 3.63) is 0 Å². The van der Waals surface area contributed by atoms with Crippen molar-refractivity contribution >= 4 is 11.9 Å². The third-order valence-corrected chi connectivity index (χ3v) is 4.24. The lowest BCUT2D eigenvalue weighted by Gasteiger charge is -2.32. The quantitative estimate of drug-likeness (QED) is 0.718. The van der Waals surface area contributed by atoms with Gasteiger partial charge in [0.15, 0.2) is 0 Å². The van der Waals surface area contributed by atoms with Crippen molar-refractivity contribution in [3.8, 4) is 0 Å². The van der Waals surface area contributed by atoms with Crippen molar-refractivity contribution in [2.75, 3.05) is 13.2 Å². The summed E-state index contributed by atoms with van der Waals surface area (Å²) < 4.78 is 5.71. The minimum Gasteiger partial charge on any atom is -0.481 e. The van der Waals surface area contributed by atoms with Crippen LogP contribution in [-0.2, 0) is 14.3 Å². The summed E-state index contributed by atoms with van der Waals surface area (Å²) >= 11 is 0. The van der Waals surface area contributed by atoms with Crippen LogP contribution in [0, 0.1) is 11.8 Å². The molecule has 0 bridgehead atoms. The van der Waals surface area contributed by atoms with Crippen molar-refractivity contribution < 1.29 is 19.4 Å². The molecule has 0 radical (unpaired) electrons. The van der Waals surface area contributed by atoms with E-state index in [1.807, 2.05) is 0 Å². The van der Waals surface area contributed by atoms with Crippen molar-refractivity contribution in [2.45, 2.75) is 51.0 Å². The van der Waals surface area contributed by atoms with E-state index in [0.29, 0.717) is 32.1 Å². The van der Waals surface area contributed by atoms with E-state index in [4.69, 9.17) is 9.84 Å². The smallest absolute Gasteiger partial charge is 0.307 e. The Morgan fingerprint density at radius 1 is 1.05 bits per heavy atom. The Balaban J connectivity index is 1.57. The van der Waals surface area contributed by atoms with Gasteiger partial charge < -0.3 is 15.2 Å². The molecule has 0 spiro atoms. The van der Waals surface area contributed by atoms with Gasteiger partial charge in [0, 0.05) is 6.54 Å².